The van der Waals surface area contributed by atoms with E-state index in [-0.39, 0.29) is 0 Å². The molecule has 2 aromatic heterocycles. The molecule has 0 unspecified atom stereocenters. The summed E-state index contributed by atoms with van der Waals surface area (Å²) in [5, 5.41) is 12.1. The minimum atomic E-state index is 0.562. The third kappa shape index (κ3) is 4.74. The first-order chi connectivity index (χ1) is 9.25. The SMILES string of the molecule is C/C(=N\NC(=S)NCCc1cccs1)c1cccs1. The number of nitrogens with zero attached hydrogens (tertiary/aromatic N) is 1. The van der Waals surface area contributed by atoms with E-state index < -0.39 is 0 Å². The highest BCUT2D eigenvalue weighted by Crippen LogP contribution is 2.09. The molecular formula is C13H15N3S3. The zero-order valence-electron chi connectivity index (χ0n) is 10.6. The molecular weight excluding hydrogens is 294 g/mol. The van der Waals surface area contributed by atoms with Crippen LogP contribution < -0.4 is 10.7 Å². The number of rotatable bonds is 5. The first-order valence-electron chi connectivity index (χ1n) is 5.90. The number of hydrogen-bond acceptors (Lipinski definition) is 4. The summed E-state index contributed by atoms with van der Waals surface area (Å²) >= 11 is 8.60. The fourth-order valence-corrected chi connectivity index (χ4v) is 3.00. The lowest BCUT2D eigenvalue weighted by Gasteiger charge is -2.06. The standard InChI is InChI=1S/C13H15N3S3/c1-10(12-5-3-9-19-12)15-16-13(17)14-7-6-11-4-2-8-18-11/h2-5,8-9H,6-7H2,1H3,(H2,14,16,17)/b15-10+. The van der Waals surface area contributed by atoms with Crippen LogP contribution in [0.3, 0.4) is 0 Å². The maximum Gasteiger partial charge on any atom is 0.186 e. The molecule has 0 aromatic carbocycles. The summed E-state index contributed by atoms with van der Waals surface area (Å²) in [6, 6.07) is 8.24. The third-order valence-electron chi connectivity index (χ3n) is 2.44. The van der Waals surface area contributed by atoms with Gasteiger partial charge in [0.2, 0.25) is 0 Å². The average Bonchev–Trinajstić information content (AvgIpc) is 3.08. The van der Waals surface area contributed by atoms with Gasteiger partial charge in [-0.1, -0.05) is 12.1 Å². The smallest absolute Gasteiger partial charge is 0.186 e. The number of hydrogen-bond donors (Lipinski definition) is 2. The summed E-state index contributed by atoms with van der Waals surface area (Å²) in [6.45, 7) is 2.78. The Balaban J connectivity index is 1.71. The fourth-order valence-electron chi connectivity index (χ4n) is 1.47. The molecule has 6 heteroatoms. The van der Waals surface area contributed by atoms with Gasteiger partial charge in [-0.3, -0.25) is 5.43 Å². The van der Waals surface area contributed by atoms with Crippen LogP contribution in [0.2, 0.25) is 0 Å². The molecule has 0 fully saturated rings. The summed E-state index contributed by atoms with van der Waals surface area (Å²) in [5.74, 6) is 0. The predicted octanol–water partition coefficient (Wildman–Crippen LogP) is 3.24. The van der Waals surface area contributed by atoms with Crippen molar-refractivity contribution in [1.29, 1.82) is 0 Å². The van der Waals surface area contributed by atoms with Crippen molar-refractivity contribution in [1.82, 2.24) is 10.7 Å². The molecule has 0 saturated heterocycles. The van der Waals surface area contributed by atoms with E-state index in [4.69, 9.17) is 12.2 Å². The molecule has 2 N–H and O–H groups in total. The normalized spacial score (nSPS) is 11.3. The largest absolute Gasteiger partial charge is 0.361 e. The van der Waals surface area contributed by atoms with Gasteiger partial charge in [0.05, 0.1) is 5.71 Å². The minimum Gasteiger partial charge on any atom is -0.361 e. The van der Waals surface area contributed by atoms with Gasteiger partial charge in [0.1, 0.15) is 0 Å². The second kappa shape index (κ2) is 7.37. The molecule has 0 spiro atoms. The summed E-state index contributed by atoms with van der Waals surface area (Å²) in [6.07, 6.45) is 0.979. The lowest BCUT2D eigenvalue weighted by atomic mass is 10.3. The van der Waals surface area contributed by atoms with E-state index in [1.807, 2.05) is 24.4 Å². The van der Waals surface area contributed by atoms with Crippen molar-refractivity contribution in [3.8, 4) is 0 Å². The third-order valence-corrected chi connectivity index (χ3v) is 4.59. The van der Waals surface area contributed by atoms with E-state index in [0.29, 0.717) is 5.11 Å². The molecule has 0 aliphatic rings. The molecule has 0 aliphatic carbocycles. The summed E-state index contributed by atoms with van der Waals surface area (Å²) < 4.78 is 0. The maximum absolute atomic E-state index is 5.17. The lowest BCUT2D eigenvalue weighted by molar-refractivity contribution is 0.844. The topological polar surface area (TPSA) is 36.4 Å². The van der Waals surface area contributed by atoms with Gasteiger partial charge in [-0.2, -0.15) is 5.10 Å². The van der Waals surface area contributed by atoms with Crippen LogP contribution in [0.5, 0.6) is 0 Å². The number of thiophene rings is 2. The van der Waals surface area contributed by atoms with Gasteiger partial charge in [0, 0.05) is 16.3 Å². The summed E-state index contributed by atoms with van der Waals surface area (Å²) in [7, 11) is 0. The number of nitrogens with one attached hydrogen (secondary N) is 2. The van der Waals surface area contributed by atoms with Gasteiger partial charge >= 0.3 is 0 Å². The predicted molar refractivity (Wildman–Crippen MR) is 88.3 cm³/mol. The van der Waals surface area contributed by atoms with E-state index in [2.05, 4.69) is 33.4 Å². The van der Waals surface area contributed by atoms with Crippen molar-refractivity contribution in [2.24, 2.45) is 5.10 Å². The Morgan fingerprint density at radius 1 is 1.26 bits per heavy atom. The van der Waals surface area contributed by atoms with Crippen LogP contribution in [0.15, 0.2) is 40.1 Å². The van der Waals surface area contributed by atoms with Crippen LogP contribution in [0.25, 0.3) is 0 Å². The first-order valence-corrected chi connectivity index (χ1v) is 8.07. The lowest BCUT2D eigenvalue weighted by Crippen LogP contribution is -2.33. The van der Waals surface area contributed by atoms with Gasteiger partial charge in [0.15, 0.2) is 5.11 Å². The van der Waals surface area contributed by atoms with Crippen molar-refractivity contribution in [3.05, 3.63) is 44.8 Å². The highest BCUT2D eigenvalue weighted by atomic mass is 32.1. The van der Waals surface area contributed by atoms with E-state index in [1.54, 1.807) is 22.7 Å². The van der Waals surface area contributed by atoms with Gasteiger partial charge in [0.25, 0.3) is 0 Å². The molecule has 100 valence electrons. The Morgan fingerprint density at radius 2 is 2.05 bits per heavy atom. The molecule has 2 rings (SSSR count). The molecule has 0 saturated carbocycles. The van der Waals surface area contributed by atoms with Gasteiger partial charge in [-0.25, -0.2) is 0 Å². The Kier molecular flexibility index (Phi) is 5.50. The van der Waals surface area contributed by atoms with Crippen LogP contribution >= 0.6 is 34.9 Å². The molecule has 19 heavy (non-hydrogen) atoms. The zero-order chi connectivity index (χ0) is 13.5. The van der Waals surface area contributed by atoms with Crippen molar-refractivity contribution >= 4 is 45.7 Å². The second-order valence-corrected chi connectivity index (χ2v) is 6.26. The molecule has 0 atom stereocenters. The first kappa shape index (κ1) is 14.2. The van der Waals surface area contributed by atoms with Crippen LogP contribution in [-0.4, -0.2) is 17.4 Å². The molecule has 2 aromatic rings. The number of hydrazone groups is 1. The quantitative estimate of drug-likeness (QED) is 0.506. The molecule has 0 aliphatic heterocycles. The fraction of sp³-hybridized carbons (Fsp3) is 0.231. The van der Waals surface area contributed by atoms with Crippen molar-refractivity contribution in [3.63, 3.8) is 0 Å². The highest BCUT2D eigenvalue weighted by Gasteiger charge is 1.99. The Morgan fingerprint density at radius 3 is 2.74 bits per heavy atom. The van der Waals surface area contributed by atoms with E-state index in [1.165, 1.54) is 4.88 Å². The Bertz CT molecular complexity index is 529. The van der Waals surface area contributed by atoms with Crippen molar-refractivity contribution in [2.75, 3.05) is 6.54 Å². The van der Waals surface area contributed by atoms with Crippen LogP contribution in [0.4, 0.5) is 0 Å². The van der Waals surface area contributed by atoms with E-state index >= 15 is 0 Å². The van der Waals surface area contributed by atoms with Crippen LogP contribution in [-0.2, 0) is 6.42 Å². The summed E-state index contributed by atoms with van der Waals surface area (Å²) in [5.41, 5.74) is 3.81. The second-order valence-electron chi connectivity index (χ2n) is 3.87. The van der Waals surface area contributed by atoms with Gasteiger partial charge in [-0.05, 0) is 48.5 Å². The molecule has 0 bridgehead atoms. The maximum atomic E-state index is 5.17. The van der Waals surface area contributed by atoms with E-state index in [9.17, 15) is 0 Å². The van der Waals surface area contributed by atoms with Crippen molar-refractivity contribution in [2.45, 2.75) is 13.3 Å². The Labute approximate surface area is 126 Å². The summed E-state index contributed by atoms with van der Waals surface area (Å²) in [4.78, 5) is 2.50. The van der Waals surface area contributed by atoms with Gasteiger partial charge < -0.3 is 5.32 Å². The highest BCUT2D eigenvalue weighted by molar-refractivity contribution is 7.80. The van der Waals surface area contributed by atoms with Crippen LogP contribution in [0, 0.1) is 0 Å². The monoisotopic (exact) mass is 309 g/mol. The molecule has 2 heterocycles. The van der Waals surface area contributed by atoms with Crippen molar-refractivity contribution < 1.29 is 0 Å². The zero-order valence-corrected chi connectivity index (χ0v) is 13.0. The average molecular weight is 309 g/mol. The Hall–Kier alpha value is -1.24. The number of thiocarbonyl (C=S) groups is 1. The molecule has 3 nitrogen and oxygen atoms in total. The van der Waals surface area contributed by atoms with Crippen LogP contribution in [0.1, 0.15) is 16.7 Å². The molecule has 0 radical (unpaired) electrons. The minimum absolute atomic E-state index is 0.562. The van der Waals surface area contributed by atoms with Gasteiger partial charge in [-0.15, -0.1) is 22.7 Å². The molecule has 0 amide bonds. The van der Waals surface area contributed by atoms with E-state index in [0.717, 1.165) is 23.6 Å².